The molecule has 114 valence electrons. The lowest BCUT2D eigenvalue weighted by Crippen LogP contribution is -2.27. The molecule has 0 aliphatic rings. The maximum Gasteiger partial charge on any atom is 0.243 e. The van der Waals surface area contributed by atoms with E-state index in [1.165, 1.54) is 0 Å². The van der Waals surface area contributed by atoms with E-state index < -0.39 is 0 Å². The number of aromatic nitrogens is 3. The van der Waals surface area contributed by atoms with Gasteiger partial charge in [-0.2, -0.15) is 15.0 Å². The standard InChI is InChI=1S/C12H25N7O/c1-5-19(6-2)12-16-10(15-11(17-12)18-13)14-9(3)7-8-20-4/h9H,5-8,13H2,1-4H3,(H2,14,15,16,17,18). The molecule has 0 spiro atoms. The Labute approximate surface area is 120 Å². The minimum absolute atomic E-state index is 0.201. The van der Waals surface area contributed by atoms with Crippen LogP contribution in [0.4, 0.5) is 17.8 Å². The number of rotatable bonds is 9. The number of nitrogens with one attached hydrogen (secondary N) is 2. The molecule has 0 saturated heterocycles. The summed E-state index contributed by atoms with van der Waals surface area (Å²) < 4.78 is 5.06. The van der Waals surface area contributed by atoms with E-state index in [4.69, 9.17) is 10.6 Å². The van der Waals surface area contributed by atoms with Crippen molar-refractivity contribution in [3.8, 4) is 0 Å². The smallest absolute Gasteiger partial charge is 0.243 e. The molecular weight excluding hydrogens is 258 g/mol. The van der Waals surface area contributed by atoms with E-state index in [-0.39, 0.29) is 6.04 Å². The number of anilines is 3. The zero-order valence-corrected chi connectivity index (χ0v) is 12.7. The van der Waals surface area contributed by atoms with Gasteiger partial charge in [0.05, 0.1) is 0 Å². The lowest BCUT2D eigenvalue weighted by atomic mass is 10.2. The van der Waals surface area contributed by atoms with Gasteiger partial charge in [0.2, 0.25) is 17.8 Å². The summed E-state index contributed by atoms with van der Waals surface area (Å²) >= 11 is 0. The topological polar surface area (TPSA) is 101 Å². The average Bonchev–Trinajstić information content (AvgIpc) is 2.46. The van der Waals surface area contributed by atoms with Gasteiger partial charge in [0.15, 0.2) is 0 Å². The first-order valence-corrected chi connectivity index (χ1v) is 6.87. The van der Waals surface area contributed by atoms with E-state index >= 15 is 0 Å². The fourth-order valence-electron chi connectivity index (χ4n) is 1.73. The van der Waals surface area contributed by atoms with Crippen molar-refractivity contribution in [1.29, 1.82) is 0 Å². The summed E-state index contributed by atoms with van der Waals surface area (Å²) in [5, 5.41) is 3.23. The lowest BCUT2D eigenvalue weighted by Gasteiger charge is -2.20. The molecular formula is C12H25N7O. The quantitative estimate of drug-likeness (QED) is 0.453. The van der Waals surface area contributed by atoms with Crippen LogP contribution in [0, 0.1) is 0 Å². The highest BCUT2D eigenvalue weighted by Gasteiger charge is 2.12. The van der Waals surface area contributed by atoms with Gasteiger partial charge in [-0.1, -0.05) is 0 Å². The third-order valence-electron chi connectivity index (χ3n) is 2.93. The summed E-state index contributed by atoms with van der Waals surface area (Å²) in [6.45, 7) is 8.49. The van der Waals surface area contributed by atoms with Crippen molar-refractivity contribution in [3.63, 3.8) is 0 Å². The van der Waals surface area contributed by atoms with Crippen LogP contribution in [0.2, 0.25) is 0 Å². The number of hydrogen-bond donors (Lipinski definition) is 3. The number of nitrogens with zero attached hydrogens (tertiary/aromatic N) is 4. The van der Waals surface area contributed by atoms with Crippen LogP contribution in [0.15, 0.2) is 0 Å². The van der Waals surface area contributed by atoms with Crippen molar-refractivity contribution < 1.29 is 4.74 Å². The summed E-state index contributed by atoms with van der Waals surface area (Å²) in [5.41, 5.74) is 2.47. The van der Waals surface area contributed by atoms with Gasteiger partial charge in [-0.05, 0) is 27.2 Å². The van der Waals surface area contributed by atoms with E-state index in [1.807, 2.05) is 4.90 Å². The number of hydrogen-bond acceptors (Lipinski definition) is 8. The Morgan fingerprint density at radius 1 is 1.20 bits per heavy atom. The minimum Gasteiger partial charge on any atom is -0.385 e. The van der Waals surface area contributed by atoms with Crippen LogP contribution >= 0.6 is 0 Å². The molecule has 4 N–H and O–H groups in total. The lowest BCUT2D eigenvalue weighted by molar-refractivity contribution is 0.191. The van der Waals surface area contributed by atoms with Crippen molar-refractivity contribution in [2.75, 3.05) is 42.4 Å². The molecule has 0 aliphatic carbocycles. The Morgan fingerprint density at radius 3 is 2.40 bits per heavy atom. The van der Waals surface area contributed by atoms with Crippen LogP contribution in [0.3, 0.4) is 0 Å². The van der Waals surface area contributed by atoms with Crippen LogP contribution in [-0.4, -0.2) is 47.8 Å². The van der Waals surface area contributed by atoms with Gasteiger partial charge in [0.25, 0.3) is 0 Å². The van der Waals surface area contributed by atoms with E-state index in [0.29, 0.717) is 24.5 Å². The Kier molecular flexibility index (Phi) is 6.96. The molecule has 0 amide bonds. The highest BCUT2D eigenvalue weighted by atomic mass is 16.5. The molecule has 1 aromatic rings. The second-order valence-electron chi connectivity index (χ2n) is 4.43. The van der Waals surface area contributed by atoms with Crippen LogP contribution in [0.25, 0.3) is 0 Å². The monoisotopic (exact) mass is 283 g/mol. The molecule has 8 nitrogen and oxygen atoms in total. The summed E-state index contributed by atoms with van der Waals surface area (Å²) in [5.74, 6) is 6.89. The van der Waals surface area contributed by atoms with E-state index in [9.17, 15) is 0 Å². The van der Waals surface area contributed by atoms with Crippen LogP contribution < -0.4 is 21.5 Å². The number of nitrogens with two attached hydrogens (primary N) is 1. The predicted octanol–water partition coefficient (Wildman–Crippen LogP) is 0.840. The van der Waals surface area contributed by atoms with Gasteiger partial charge in [-0.25, -0.2) is 5.84 Å². The van der Waals surface area contributed by atoms with Crippen molar-refractivity contribution >= 4 is 17.8 Å². The molecule has 1 aromatic heterocycles. The first-order valence-electron chi connectivity index (χ1n) is 6.87. The Bertz CT molecular complexity index is 397. The Morgan fingerprint density at radius 2 is 1.85 bits per heavy atom. The molecule has 1 unspecified atom stereocenters. The third kappa shape index (κ3) is 4.78. The molecule has 0 fully saturated rings. The number of methoxy groups -OCH3 is 1. The van der Waals surface area contributed by atoms with Gasteiger partial charge in [0, 0.05) is 32.8 Å². The molecule has 0 aliphatic heterocycles. The van der Waals surface area contributed by atoms with E-state index in [2.05, 4.69) is 46.5 Å². The van der Waals surface area contributed by atoms with Crippen molar-refractivity contribution in [1.82, 2.24) is 15.0 Å². The zero-order valence-electron chi connectivity index (χ0n) is 12.7. The van der Waals surface area contributed by atoms with Gasteiger partial charge >= 0.3 is 0 Å². The molecule has 0 bridgehead atoms. The molecule has 0 aromatic carbocycles. The van der Waals surface area contributed by atoms with Gasteiger partial charge < -0.3 is 15.0 Å². The van der Waals surface area contributed by atoms with E-state index in [1.54, 1.807) is 7.11 Å². The average molecular weight is 283 g/mol. The van der Waals surface area contributed by atoms with Crippen LogP contribution in [0.1, 0.15) is 27.2 Å². The second-order valence-corrected chi connectivity index (χ2v) is 4.43. The first kappa shape index (κ1) is 16.4. The van der Waals surface area contributed by atoms with Crippen molar-refractivity contribution in [3.05, 3.63) is 0 Å². The highest BCUT2D eigenvalue weighted by Crippen LogP contribution is 2.14. The molecule has 8 heteroatoms. The van der Waals surface area contributed by atoms with E-state index in [0.717, 1.165) is 19.5 Å². The normalized spacial score (nSPS) is 12.1. The van der Waals surface area contributed by atoms with Crippen LogP contribution in [-0.2, 0) is 4.74 Å². The maximum atomic E-state index is 5.41. The molecule has 0 radical (unpaired) electrons. The first-order chi connectivity index (χ1) is 9.64. The number of nitrogen functional groups attached to an aromatic ring is 1. The fraction of sp³-hybridized carbons (Fsp3) is 0.750. The van der Waals surface area contributed by atoms with Crippen molar-refractivity contribution in [2.45, 2.75) is 33.2 Å². The zero-order chi connectivity index (χ0) is 15.0. The number of ether oxygens (including phenoxy) is 1. The summed E-state index contributed by atoms with van der Waals surface area (Å²) in [7, 11) is 1.69. The molecule has 1 atom stereocenters. The summed E-state index contributed by atoms with van der Waals surface area (Å²) in [4.78, 5) is 14.9. The molecule has 20 heavy (non-hydrogen) atoms. The highest BCUT2D eigenvalue weighted by molar-refractivity contribution is 5.43. The maximum absolute atomic E-state index is 5.41. The van der Waals surface area contributed by atoms with Gasteiger partial charge in [0.1, 0.15) is 0 Å². The summed E-state index contributed by atoms with van der Waals surface area (Å²) in [6.07, 6.45) is 0.869. The predicted molar refractivity (Wildman–Crippen MR) is 80.8 cm³/mol. The van der Waals surface area contributed by atoms with Crippen molar-refractivity contribution in [2.24, 2.45) is 5.84 Å². The molecule has 0 saturated carbocycles. The Balaban J connectivity index is 2.87. The minimum atomic E-state index is 0.201. The molecule has 1 heterocycles. The second kappa shape index (κ2) is 8.49. The largest absolute Gasteiger partial charge is 0.385 e. The van der Waals surface area contributed by atoms with Gasteiger partial charge in [-0.3, -0.25) is 5.43 Å². The van der Waals surface area contributed by atoms with Crippen LogP contribution in [0.5, 0.6) is 0 Å². The summed E-state index contributed by atoms with van der Waals surface area (Å²) in [6, 6.07) is 0.201. The SMILES string of the molecule is CCN(CC)c1nc(NN)nc(NC(C)CCOC)n1. The Hall–Kier alpha value is -1.67. The van der Waals surface area contributed by atoms with Gasteiger partial charge in [-0.15, -0.1) is 0 Å². The fourth-order valence-corrected chi connectivity index (χ4v) is 1.73. The molecule has 1 rings (SSSR count). The third-order valence-corrected chi connectivity index (χ3v) is 2.93. The number of hydrazine groups is 1.